The molecule has 0 unspecified atom stereocenters. The van der Waals surface area contributed by atoms with Crippen molar-refractivity contribution in [2.75, 3.05) is 24.3 Å². The Balaban J connectivity index is 1.74. The fourth-order valence-corrected chi connectivity index (χ4v) is 4.23. The number of pyridine rings is 1. The Morgan fingerprint density at radius 2 is 1.92 bits per heavy atom. The van der Waals surface area contributed by atoms with Crippen molar-refractivity contribution in [3.8, 4) is 11.5 Å². The van der Waals surface area contributed by atoms with Crippen LogP contribution in [0.5, 0.6) is 11.5 Å². The molecule has 0 saturated heterocycles. The molecule has 1 aromatic carbocycles. The molecule has 0 aliphatic carbocycles. The van der Waals surface area contributed by atoms with Gasteiger partial charge in [-0.25, -0.2) is 13.4 Å². The molecular weight excluding hydrogens is 374 g/mol. The maximum absolute atomic E-state index is 12.2. The molecule has 0 saturated carbocycles. The molecule has 136 valence electrons. The average Bonchev–Trinajstić information content (AvgIpc) is 3.19. The largest absolute Gasteiger partial charge is 0.497 e. The van der Waals surface area contributed by atoms with Gasteiger partial charge in [-0.15, -0.1) is 11.3 Å². The van der Waals surface area contributed by atoms with Crippen LogP contribution in [0.2, 0.25) is 0 Å². The monoisotopic (exact) mass is 391 g/mol. The van der Waals surface area contributed by atoms with Crippen molar-refractivity contribution in [2.24, 2.45) is 0 Å². The van der Waals surface area contributed by atoms with E-state index in [1.807, 2.05) is 6.07 Å². The molecule has 9 heteroatoms. The first-order valence-corrected chi connectivity index (χ1v) is 9.89. The Hall–Kier alpha value is -2.78. The zero-order valence-electron chi connectivity index (χ0n) is 14.1. The lowest BCUT2D eigenvalue weighted by Gasteiger charge is -2.12. The maximum Gasteiger partial charge on any atom is 0.271 e. The number of thiophene rings is 1. The third-order valence-electron chi connectivity index (χ3n) is 3.45. The molecule has 26 heavy (non-hydrogen) atoms. The van der Waals surface area contributed by atoms with Crippen molar-refractivity contribution in [2.45, 2.75) is 4.21 Å². The first-order valence-electron chi connectivity index (χ1n) is 7.53. The number of rotatable bonds is 7. The van der Waals surface area contributed by atoms with E-state index in [0.717, 1.165) is 11.3 Å². The molecule has 0 amide bonds. The van der Waals surface area contributed by atoms with Crippen molar-refractivity contribution in [1.29, 1.82) is 0 Å². The summed E-state index contributed by atoms with van der Waals surface area (Å²) >= 11 is 1.15. The molecule has 7 nitrogen and oxygen atoms in total. The minimum absolute atomic E-state index is 0.252. The van der Waals surface area contributed by atoms with Gasteiger partial charge >= 0.3 is 0 Å². The number of methoxy groups -OCH3 is 2. The minimum atomic E-state index is -3.59. The van der Waals surface area contributed by atoms with Crippen LogP contribution >= 0.6 is 11.3 Å². The Bertz CT molecular complexity index is 972. The van der Waals surface area contributed by atoms with E-state index in [9.17, 15) is 8.42 Å². The van der Waals surface area contributed by atoms with Crippen molar-refractivity contribution < 1.29 is 17.9 Å². The van der Waals surface area contributed by atoms with Gasteiger partial charge in [-0.3, -0.25) is 4.72 Å². The zero-order chi connectivity index (χ0) is 18.6. The topological polar surface area (TPSA) is 89.6 Å². The highest BCUT2D eigenvalue weighted by molar-refractivity contribution is 7.94. The summed E-state index contributed by atoms with van der Waals surface area (Å²) < 4.78 is 37.7. The van der Waals surface area contributed by atoms with Crippen LogP contribution in [0.15, 0.2) is 58.3 Å². The lowest BCUT2D eigenvalue weighted by molar-refractivity contribution is 0.395. The van der Waals surface area contributed by atoms with Gasteiger partial charge in [-0.05, 0) is 35.7 Å². The van der Waals surface area contributed by atoms with Gasteiger partial charge in [0.1, 0.15) is 21.5 Å². The summed E-state index contributed by atoms with van der Waals surface area (Å²) in [6, 6.07) is 11.9. The predicted molar refractivity (Wildman–Crippen MR) is 102 cm³/mol. The zero-order valence-corrected chi connectivity index (χ0v) is 15.7. The van der Waals surface area contributed by atoms with Crippen molar-refractivity contribution in [3.63, 3.8) is 0 Å². The van der Waals surface area contributed by atoms with Crippen LogP contribution in [0, 0.1) is 0 Å². The molecule has 0 aliphatic rings. The fourth-order valence-electron chi connectivity index (χ4n) is 2.19. The molecule has 0 atom stereocenters. The third-order valence-corrected chi connectivity index (χ3v) is 6.23. The summed E-state index contributed by atoms with van der Waals surface area (Å²) in [5.41, 5.74) is 1.10. The first kappa shape index (κ1) is 18.0. The Morgan fingerprint density at radius 3 is 2.54 bits per heavy atom. The van der Waals surface area contributed by atoms with Gasteiger partial charge in [-0.1, -0.05) is 6.07 Å². The van der Waals surface area contributed by atoms with Crippen LogP contribution in [0.3, 0.4) is 0 Å². The number of nitrogens with zero attached hydrogens (tertiary/aromatic N) is 1. The summed E-state index contributed by atoms with van der Waals surface area (Å²) in [4.78, 5) is 4.24. The Morgan fingerprint density at radius 1 is 1.08 bits per heavy atom. The van der Waals surface area contributed by atoms with Crippen molar-refractivity contribution in [1.82, 2.24) is 4.98 Å². The standard InChI is InChI=1S/C17H17N3O4S2/c1-23-13-6-7-14(15(10-13)24-2)19-16-8-5-12(11-18-16)20-26(21,22)17-4-3-9-25-17/h3-11,20H,1-2H3,(H,18,19). The second-order valence-corrected chi connectivity index (χ2v) is 8.02. The molecule has 0 spiro atoms. The number of sulfonamides is 1. The van der Waals surface area contributed by atoms with Gasteiger partial charge in [-0.2, -0.15) is 0 Å². The van der Waals surface area contributed by atoms with Gasteiger partial charge in [0, 0.05) is 6.07 Å². The van der Waals surface area contributed by atoms with E-state index >= 15 is 0 Å². The second-order valence-electron chi connectivity index (χ2n) is 5.16. The molecule has 3 aromatic rings. The Kier molecular flexibility index (Phi) is 5.29. The summed E-state index contributed by atoms with van der Waals surface area (Å²) in [6.07, 6.45) is 1.45. The van der Waals surface area contributed by atoms with E-state index in [1.54, 1.807) is 56.0 Å². The first-order chi connectivity index (χ1) is 12.5. The molecular formula is C17H17N3O4S2. The Labute approximate surface area is 155 Å². The highest BCUT2D eigenvalue weighted by Gasteiger charge is 2.15. The van der Waals surface area contributed by atoms with Gasteiger partial charge in [0.05, 0.1) is 31.8 Å². The normalized spacial score (nSPS) is 11.0. The number of aromatic nitrogens is 1. The average molecular weight is 391 g/mol. The lowest BCUT2D eigenvalue weighted by Crippen LogP contribution is -2.11. The second kappa shape index (κ2) is 7.63. The van der Waals surface area contributed by atoms with Crippen LogP contribution in [0.25, 0.3) is 0 Å². The third kappa shape index (κ3) is 4.06. The molecule has 0 bridgehead atoms. The van der Waals surface area contributed by atoms with E-state index in [1.165, 1.54) is 6.20 Å². The van der Waals surface area contributed by atoms with Crippen LogP contribution < -0.4 is 19.5 Å². The van der Waals surface area contributed by atoms with Crippen molar-refractivity contribution >= 4 is 38.6 Å². The summed E-state index contributed by atoms with van der Waals surface area (Å²) in [5.74, 6) is 1.83. The number of ether oxygens (including phenoxy) is 2. The predicted octanol–water partition coefficient (Wildman–Crippen LogP) is 3.70. The molecule has 2 heterocycles. The molecule has 0 aliphatic heterocycles. The van der Waals surface area contributed by atoms with Crippen LogP contribution in [-0.4, -0.2) is 27.6 Å². The lowest BCUT2D eigenvalue weighted by atomic mass is 10.2. The summed E-state index contributed by atoms with van der Waals surface area (Å²) in [5, 5.41) is 4.84. The van der Waals surface area contributed by atoms with E-state index in [-0.39, 0.29) is 4.21 Å². The maximum atomic E-state index is 12.2. The number of hydrogen-bond donors (Lipinski definition) is 2. The molecule has 0 fully saturated rings. The number of benzene rings is 1. The van der Waals surface area contributed by atoms with E-state index in [0.29, 0.717) is 28.7 Å². The van der Waals surface area contributed by atoms with E-state index < -0.39 is 10.0 Å². The van der Waals surface area contributed by atoms with Crippen LogP contribution in [0.4, 0.5) is 17.2 Å². The SMILES string of the molecule is COc1ccc(Nc2ccc(NS(=O)(=O)c3cccs3)cn2)c(OC)c1. The van der Waals surface area contributed by atoms with Gasteiger partial charge in [0.15, 0.2) is 0 Å². The molecule has 2 N–H and O–H groups in total. The molecule has 0 radical (unpaired) electrons. The highest BCUT2D eigenvalue weighted by atomic mass is 32.2. The summed E-state index contributed by atoms with van der Waals surface area (Å²) in [6.45, 7) is 0. The van der Waals surface area contributed by atoms with Gasteiger partial charge in [0.25, 0.3) is 10.0 Å². The minimum Gasteiger partial charge on any atom is -0.497 e. The van der Waals surface area contributed by atoms with Gasteiger partial charge in [0.2, 0.25) is 0 Å². The fraction of sp³-hybridized carbons (Fsp3) is 0.118. The number of anilines is 3. The van der Waals surface area contributed by atoms with Gasteiger partial charge < -0.3 is 14.8 Å². The van der Waals surface area contributed by atoms with E-state index in [2.05, 4.69) is 15.0 Å². The van der Waals surface area contributed by atoms with E-state index in [4.69, 9.17) is 9.47 Å². The van der Waals surface area contributed by atoms with Crippen molar-refractivity contribution in [3.05, 3.63) is 54.0 Å². The highest BCUT2D eigenvalue weighted by Crippen LogP contribution is 2.31. The number of nitrogens with one attached hydrogen (secondary N) is 2. The smallest absolute Gasteiger partial charge is 0.271 e. The number of hydrogen-bond acceptors (Lipinski definition) is 7. The molecule has 2 aromatic heterocycles. The van der Waals surface area contributed by atoms with Crippen LogP contribution in [-0.2, 0) is 10.0 Å². The quantitative estimate of drug-likeness (QED) is 0.638. The van der Waals surface area contributed by atoms with Crippen LogP contribution in [0.1, 0.15) is 0 Å². The summed E-state index contributed by atoms with van der Waals surface area (Å²) in [7, 11) is -0.438. The molecule has 3 rings (SSSR count).